The summed E-state index contributed by atoms with van der Waals surface area (Å²) in [5.41, 5.74) is 7.44. The van der Waals surface area contributed by atoms with Crippen molar-refractivity contribution in [1.29, 1.82) is 0 Å². The lowest BCUT2D eigenvalue weighted by molar-refractivity contribution is -0.143. The predicted octanol–water partition coefficient (Wildman–Crippen LogP) is 2.28. The van der Waals surface area contributed by atoms with Crippen LogP contribution in [0.1, 0.15) is 38.7 Å². The number of nitrogens with two attached hydrogens (primary N) is 1. The van der Waals surface area contributed by atoms with Crippen molar-refractivity contribution >= 4 is 23.6 Å². The van der Waals surface area contributed by atoms with Gasteiger partial charge in [-0.05, 0) is 11.0 Å². The van der Waals surface area contributed by atoms with Crippen LogP contribution in [0.4, 0.5) is 0 Å². The van der Waals surface area contributed by atoms with Crippen LogP contribution in [0.25, 0.3) is 0 Å². The van der Waals surface area contributed by atoms with E-state index in [1.165, 1.54) is 5.56 Å². The molecule has 2 aliphatic rings. The van der Waals surface area contributed by atoms with Gasteiger partial charge in [-0.2, -0.15) is 0 Å². The van der Waals surface area contributed by atoms with Crippen LogP contribution in [0.15, 0.2) is 30.3 Å². The summed E-state index contributed by atoms with van der Waals surface area (Å²) in [6, 6.07) is 9.74. The molecule has 0 aliphatic carbocycles. The van der Waals surface area contributed by atoms with E-state index in [-0.39, 0.29) is 35.2 Å². The molecule has 2 saturated heterocycles. The summed E-state index contributed by atoms with van der Waals surface area (Å²) in [5.74, 6) is 1.56. The van der Waals surface area contributed by atoms with Gasteiger partial charge in [0.1, 0.15) is 6.04 Å². The number of hydrogen-bond acceptors (Lipinski definition) is 4. The van der Waals surface area contributed by atoms with Gasteiger partial charge in [0.15, 0.2) is 0 Å². The van der Waals surface area contributed by atoms with E-state index in [1.54, 1.807) is 16.7 Å². The summed E-state index contributed by atoms with van der Waals surface area (Å²) in [5, 5.41) is 0. The fourth-order valence-corrected chi connectivity index (χ4v) is 4.89. The lowest BCUT2D eigenvalue weighted by Gasteiger charge is -2.29. The number of rotatable bonds is 3. The van der Waals surface area contributed by atoms with Crippen molar-refractivity contribution < 1.29 is 9.59 Å². The molecule has 0 aromatic heterocycles. The zero-order valence-electron chi connectivity index (χ0n) is 15.9. The Balaban J connectivity index is 1.68. The highest BCUT2D eigenvalue weighted by Crippen LogP contribution is 2.31. The zero-order chi connectivity index (χ0) is 18.9. The molecular formula is C20H29N3O2S. The molecule has 2 amide bonds. The Kier molecular flexibility index (Phi) is 5.63. The Hall–Kier alpha value is -1.53. The molecule has 2 fully saturated rings. The molecule has 1 unspecified atom stereocenters. The first kappa shape index (κ1) is 19.2. The van der Waals surface area contributed by atoms with Gasteiger partial charge in [0.25, 0.3) is 0 Å². The Bertz CT molecular complexity index is 659. The molecule has 0 bridgehead atoms. The second-order valence-corrected chi connectivity index (χ2v) is 9.54. The lowest BCUT2D eigenvalue weighted by atomic mass is 9.91. The van der Waals surface area contributed by atoms with Crippen molar-refractivity contribution in [3.05, 3.63) is 35.9 Å². The van der Waals surface area contributed by atoms with Crippen LogP contribution >= 0.6 is 11.8 Å². The molecular weight excluding hydrogens is 346 g/mol. The smallest absolute Gasteiger partial charge is 0.246 e. The normalized spacial score (nSPS) is 26.4. The highest BCUT2D eigenvalue weighted by Gasteiger charge is 2.41. The Morgan fingerprint density at radius 1 is 1.19 bits per heavy atom. The minimum atomic E-state index is -0.350. The molecule has 0 radical (unpaired) electrons. The minimum absolute atomic E-state index is 0.0474. The third kappa shape index (κ3) is 4.23. The first-order valence-corrected chi connectivity index (χ1v) is 10.4. The number of carbonyl (C=O) groups is 2. The molecule has 2 heterocycles. The topological polar surface area (TPSA) is 66.6 Å². The summed E-state index contributed by atoms with van der Waals surface area (Å²) >= 11 is 1.66. The Labute approximate surface area is 160 Å². The number of hydrogen-bond donors (Lipinski definition) is 1. The highest BCUT2D eigenvalue weighted by molar-refractivity contribution is 7.99. The monoisotopic (exact) mass is 375 g/mol. The standard InChI is InChI=1S/C20H29N3O2S/c1-20(2,3)9-18(24)23-13-26-12-17(23)19(25)22-10-15(16(21)11-22)14-7-5-4-6-8-14/h4-8,15-17H,9-13,21H2,1-3H3/t15-,16+,17?/m0/s1. The van der Waals surface area contributed by atoms with Crippen molar-refractivity contribution in [2.24, 2.45) is 11.1 Å². The molecule has 1 aromatic rings. The molecule has 6 heteroatoms. The van der Waals surface area contributed by atoms with E-state index in [0.717, 1.165) is 0 Å². The lowest BCUT2D eigenvalue weighted by Crippen LogP contribution is -2.49. The second kappa shape index (κ2) is 7.61. The zero-order valence-corrected chi connectivity index (χ0v) is 16.7. The van der Waals surface area contributed by atoms with E-state index in [4.69, 9.17) is 5.73 Å². The van der Waals surface area contributed by atoms with Crippen LogP contribution < -0.4 is 5.73 Å². The summed E-state index contributed by atoms with van der Waals surface area (Å²) < 4.78 is 0. The molecule has 2 aliphatic heterocycles. The van der Waals surface area contributed by atoms with Crippen LogP contribution in [0.3, 0.4) is 0 Å². The summed E-state index contributed by atoms with van der Waals surface area (Å²) in [6.45, 7) is 7.34. The fourth-order valence-electron chi connectivity index (χ4n) is 3.72. The molecule has 1 aromatic carbocycles. The van der Waals surface area contributed by atoms with Crippen LogP contribution in [0, 0.1) is 5.41 Å². The first-order valence-electron chi connectivity index (χ1n) is 9.23. The molecule has 3 atom stereocenters. The van der Waals surface area contributed by atoms with Gasteiger partial charge >= 0.3 is 0 Å². The number of nitrogens with zero attached hydrogens (tertiary/aromatic N) is 2. The molecule has 0 saturated carbocycles. The van der Waals surface area contributed by atoms with Crippen molar-refractivity contribution in [1.82, 2.24) is 9.80 Å². The first-order chi connectivity index (χ1) is 12.3. The van der Waals surface area contributed by atoms with Crippen LogP contribution in [-0.2, 0) is 9.59 Å². The minimum Gasteiger partial charge on any atom is -0.339 e. The van der Waals surface area contributed by atoms with Gasteiger partial charge in [-0.15, -0.1) is 11.8 Å². The van der Waals surface area contributed by atoms with Crippen molar-refractivity contribution in [2.45, 2.75) is 45.2 Å². The van der Waals surface area contributed by atoms with E-state index in [2.05, 4.69) is 32.9 Å². The maximum Gasteiger partial charge on any atom is 0.246 e. The van der Waals surface area contributed by atoms with Crippen LogP contribution in [0.2, 0.25) is 0 Å². The van der Waals surface area contributed by atoms with Gasteiger partial charge in [0, 0.05) is 37.2 Å². The van der Waals surface area contributed by atoms with Gasteiger partial charge in [-0.25, -0.2) is 0 Å². The summed E-state index contributed by atoms with van der Waals surface area (Å²) in [7, 11) is 0. The fraction of sp³-hybridized carbons (Fsp3) is 0.600. The van der Waals surface area contributed by atoms with Gasteiger partial charge in [-0.1, -0.05) is 51.1 Å². The van der Waals surface area contributed by atoms with E-state index >= 15 is 0 Å². The van der Waals surface area contributed by atoms with Crippen LogP contribution in [-0.4, -0.2) is 58.4 Å². The highest BCUT2D eigenvalue weighted by atomic mass is 32.2. The molecule has 5 nitrogen and oxygen atoms in total. The summed E-state index contributed by atoms with van der Waals surface area (Å²) in [4.78, 5) is 29.4. The number of thioether (sulfide) groups is 1. The van der Waals surface area contributed by atoms with Crippen molar-refractivity contribution in [2.75, 3.05) is 24.7 Å². The third-order valence-electron chi connectivity index (χ3n) is 5.07. The van der Waals surface area contributed by atoms with Gasteiger partial charge in [-0.3, -0.25) is 9.59 Å². The molecule has 2 N–H and O–H groups in total. The van der Waals surface area contributed by atoms with E-state index in [9.17, 15) is 9.59 Å². The third-order valence-corrected chi connectivity index (χ3v) is 6.09. The molecule has 26 heavy (non-hydrogen) atoms. The maximum atomic E-state index is 13.1. The van der Waals surface area contributed by atoms with Crippen molar-refractivity contribution in [3.8, 4) is 0 Å². The Morgan fingerprint density at radius 3 is 2.54 bits per heavy atom. The van der Waals surface area contributed by atoms with E-state index in [0.29, 0.717) is 31.1 Å². The van der Waals surface area contributed by atoms with Crippen molar-refractivity contribution in [3.63, 3.8) is 0 Å². The molecule has 3 rings (SSSR count). The summed E-state index contributed by atoms with van der Waals surface area (Å²) in [6.07, 6.45) is 0.462. The predicted molar refractivity (Wildman–Crippen MR) is 106 cm³/mol. The average Bonchev–Trinajstić information content (AvgIpc) is 3.20. The SMILES string of the molecule is CC(C)(C)CC(=O)N1CSCC1C(=O)N1C[C@@H](N)[C@H](c2ccccc2)C1. The molecule has 0 spiro atoms. The number of carbonyl (C=O) groups excluding carboxylic acids is 2. The quantitative estimate of drug-likeness (QED) is 0.880. The van der Waals surface area contributed by atoms with E-state index < -0.39 is 0 Å². The Morgan fingerprint density at radius 2 is 1.88 bits per heavy atom. The molecule has 142 valence electrons. The second-order valence-electron chi connectivity index (χ2n) is 8.54. The average molecular weight is 376 g/mol. The van der Waals surface area contributed by atoms with Gasteiger partial charge < -0.3 is 15.5 Å². The number of likely N-dealkylation sites (tertiary alicyclic amines) is 1. The van der Waals surface area contributed by atoms with E-state index in [1.807, 2.05) is 23.1 Å². The largest absolute Gasteiger partial charge is 0.339 e. The number of benzene rings is 1. The van der Waals surface area contributed by atoms with Crippen LogP contribution in [0.5, 0.6) is 0 Å². The van der Waals surface area contributed by atoms with Gasteiger partial charge in [0.05, 0.1) is 5.88 Å². The van der Waals surface area contributed by atoms with Gasteiger partial charge in [0.2, 0.25) is 11.8 Å². The number of amides is 2. The maximum absolute atomic E-state index is 13.1.